The number of benzene rings is 2. The standard InChI is InChI=1S/C49H71ClN16O10/c1-27(67)60-33(15-7-22-57-48(52)53)41(69)63-36-18-19-40(68)56-21-9-17-37(47(75)76)64-46(74)39(25-29-26-59-32-13-5-3-11-30(29)32)66-43(71)35(16-8-23-58-49(54)55)62-45(73)38(24-28-10-2-4-12-31(28)50)65-42(70)34(14-6-20-51)61-44(36)72/h2-5,10-13,26,33-39,59H,6-9,14-25,51H2,1H3,(H,56,68)(H,60,67)(H,61,72)(H,62,73)(H,63,69)(H,64,74)(H,65,70)(H,66,71)(H,75,76)(H4,52,53,57)(H4,54,55,58)/t33-,34-,35-,36-,37-,38+,39-/m0/s1. The molecular formula is C49H71ClN16O10. The molecule has 0 saturated carbocycles. The highest BCUT2D eigenvalue weighted by molar-refractivity contribution is 6.31. The average molecular weight is 1080 g/mol. The number of carbonyl (C=O) groups excluding carboxylic acids is 8. The fourth-order valence-electron chi connectivity index (χ4n) is 8.31. The van der Waals surface area contributed by atoms with Gasteiger partial charge in [-0.05, 0) is 87.6 Å². The Hall–Kier alpha value is -8.00. The van der Waals surface area contributed by atoms with Gasteiger partial charge in [-0.1, -0.05) is 48.0 Å². The molecule has 1 saturated heterocycles. The number of hydrogen-bond acceptors (Lipinski definition) is 12. The van der Waals surface area contributed by atoms with Crippen molar-refractivity contribution in [3.8, 4) is 0 Å². The molecule has 0 radical (unpaired) electrons. The summed E-state index contributed by atoms with van der Waals surface area (Å²) in [5, 5.41) is 52.6. The molecule has 20 N–H and O–H groups in total. The molecule has 8 amide bonds. The topological polar surface area (TPSA) is 436 Å². The smallest absolute Gasteiger partial charge is 0.326 e. The van der Waals surface area contributed by atoms with Crippen LogP contribution in [0.1, 0.15) is 82.3 Å². The first-order valence-corrected chi connectivity index (χ1v) is 25.4. The first kappa shape index (κ1) is 60.6. The zero-order valence-electron chi connectivity index (χ0n) is 42.3. The third-order valence-electron chi connectivity index (χ3n) is 12.3. The molecule has 1 aliphatic heterocycles. The molecule has 1 fully saturated rings. The van der Waals surface area contributed by atoms with Crippen LogP contribution in [0.25, 0.3) is 10.9 Å². The van der Waals surface area contributed by atoms with Crippen molar-refractivity contribution < 1.29 is 48.3 Å². The summed E-state index contributed by atoms with van der Waals surface area (Å²) in [5.41, 5.74) is 18.5. The van der Waals surface area contributed by atoms with Crippen molar-refractivity contribution in [2.24, 2.45) is 17.2 Å². The van der Waals surface area contributed by atoms with Crippen LogP contribution in [0.5, 0.6) is 0 Å². The van der Waals surface area contributed by atoms with E-state index >= 15 is 0 Å². The van der Waals surface area contributed by atoms with Gasteiger partial charge in [-0.2, -0.15) is 0 Å². The fraction of sp³-hybridized carbons (Fsp3) is 0.490. The lowest BCUT2D eigenvalue weighted by Gasteiger charge is -2.28. The number of amides is 8. The third kappa shape index (κ3) is 20.4. The van der Waals surface area contributed by atoms with E-state index in [1.807, 2.05) is 6.07 Å². The number of para-hydroxylation sites is 1. The maximum atomic E-state index is 14.7. The van der Waals surface area contributed by atoms with Crippen LogP contribution in [0, 0.1) is 10.8 Å². The first-order valence-electron chi connectivity index (χ1n) is 25.0. The number of carboxylic acid groups (broad SMARTS) is 1. The number of H-pyrrole nitrogens is 1. The van der Waals surface area contributed by atoms with E-state index in [1.54, 1.807) is 48.7 Å². The lowest BCUT2D eigenvalue weighted by Crippen LogP contribution is -2.60. The molecule has 4 rings (SSSR count). The molecule has 2 aromatic carbocycles. The molecule has 0 unspecified atom stereocenters. The highest BCUT2D eigenvalue weighted by atomic mass is 35.5. The molecule has 7 atom stereocenters. The van der Waals surface area contributed by atoms with Crippen LogP contribution in [-0.2, 0) is 56.0 Å². The van der Waals surface area contributed by atoms with Crippen molar-refractivity contribution in [2.75, 3.05) is 26.2 Å². The monoisotopic (exact) mass is 1080 g/mol. The van der Waals surface area contributed by atoms with E-state index in [0.29, 0.717) is 11.1 Å². The molecule has 0 aliphatic carbocycles. The lowest BCUT2D eigenvalue weighted by atomic mass is 10.0. The van der Waals surface area contributed by atoms with E-state index in [0.717, 1.165) is 10.9 Å². The summed E-state index contributed by atoms with van der Waals surface area (Å²) in [6.07, 6.45) is 0.886. The Bertz CT molecular complexity index is 2540. The minimum atomic E-state index is -1.50. The van der Waals surface area contributed by atoms with Crippen LogP contribution in [0.4, 0.5) is 0 Å². The van der Waals surface area contributed by atoms with Gasteiger partial charge in [-0.15, -0.1) is 0 Å². The van der Waals surface area contributed by atoms with Gasteiger partial charge >= 0.3 is 5.97 Å². The number of aliphatic carboxylic acids is 1. The van der Waals surface area contributed by atoms with E-state index in [-0.39, 0.29) is 120 Å². The summed E-state index contributed by atoms with van der Waals surface area (Å²) in [4.78, 5) is 127. The Balaban J connectivity index is 1.78. The van der Waals surface area contributed by atoms with Crippen molar-refractivity contribution in [3.05, 3.63) is 70.9 Å². The van der Waals surface area contributed by atoms with E-state index in [1.165, 1.54) is 6.92 Å². The maximum Gasteiger partial charge on any atom is 0.326 e. The van der Waals surface area contributed by atoms with Crippen molar-refractivity contribution in [1.29, 1.82) is 10.8 Å². The number of nitrogens with one attached hydrogen (secondary N) is 13. The van der Waals surface area contributed by atoms with Crippen LogP contribution in [0.15, 0.2) is 54.7 Å². The minimum Gasteiger partial charge on any atom is -0.480 e. The van der Waals surface area contributed by atoms with Crippen molar-refractivity contribution in [2.45, 2.75) is 126 Å². The van der Waals surface area contributed by atoms with Gasteiger partial charge in [0.2, 0.25) is 47.3 Å². The fourth-order valence-corrected chi connectivity index (χ4v) is 8.53. The SMILES string of the molecule is CC(=O)N[C@@H](CCCNC(=N)N)C(=O)N[C@H]1CCC(=O)NCCC[C@@H](C(=O)O)NC(=O)[C@H](Cc2c[nH]c3ccccc23)NC(=O)[C@H](CCCNC(=N)N)NC(=O)[C@@H](Cc2ccccc2Cl)NC(=O)[C@H](CCCN)NC1=O. The summed E-state index contributed by atoms with van der Waals surface area (Å²) in [5.74, 6) is -8.46. The zero-order chi connectivity index (χ0) is 55.7. The predicted octanol–water partition coefficient (Wildman–Crippen LogP) is -1.94. The molecule has 3 aromatic rings. The number of aromatic nitrogens is 1. The highest BCUT2D eigenvalue weighted by Crippen LogP contribution is 2.21. The Morgan fingerprint density at radius 3 is 1.93 bits per heavy atom. The second-order valence-corrected chi connectivity index (χ2v) is 18.7. The molecule has 0 spiro atoms. The van der Waals surface area contributed by atoms with Crippen molar-refractivity contribution >= 4 is 87.6 Å². The number of nitrogens with two attached hydrogens (primary N) is 3. The number of hydrogen-bond donors (Lipinski definition) is 17. The number of guanidine groups is 2. The number of aromatic amines is 1. The quantitative estimate of drug-likeness (QED) is 0.0353. The first-order chi connectivity index (χ1) is 36.3. The number of carboxylic acids is 1. The van der Waals surface area contributed by atoms with Gasteiger partial charge < -0.3 is 80.5 Å². The van der Waals surface area contributed by atoms with E-state index in [9.17, 15) is 48.3 Å². The van der Waals surface area contributed by atoms with Crippen LogP contribution in [0.2, 0.25) is 5.02 Å². The number of halogens is 1. The van der Waals surface area contributed by atoms with Crippen LogP contribution in [-0.4, -0.2) is 144 Å². The average Bonchev–Trinajstić information content (AvgIpc) is 3.78. The second-order valence-electron chi connectivity index (χ2n) is 18.2. The summed E-state index contributed by atoms with van der Waals surface area (Å²) >= 11 is 6.57. The summed E-state index contributed by atoms with van der Waals surface area (Å²) in [6, 6.07) is 3.79. The van der Waals surface area contributed by atoms with Crippen molar-refractivity contribution in [1.82, 2.24) is 58.2 Å². The molecule has 1 aromatic heterocycles. The van der Waals surface area contributed by atoms with Crippen LogP contribution in [0.3, 0.4) is 0 Å². The van der Waals surface area contributed by atoms with Gasteiger partial charge in [-0.3, -0.25) is 49.2 Å². The van der Waals surface area contributed by atoms with Gasteiger partial charge in [-0.25, -0.2) is 4.79 Å². The van der Waals surface area contributed by atoms with Crippen LogP contribution < -0.4 is 70.4 Å². The number of carbonyl (C=O) groups is 9. The minimum absolute atomic E-state index is 0.0374. The summed E-state index contributed by atoms with van der Waals surface area (Å²) < 4.78 is 0. The molecular weight excluding hydrogens is 1010 g/mol. The van der Waals surface area contributed by atoms with Gasteiger partial charge in [0.05, 0.1) is 0 Å². The Morgan fingerprint density at radius 1 is 0.737 bits per heavy atom. The molecule has 76 heavy (non-hydrogen) atoms. The molecule has 26 nitrogen and oxygen atoms in total. The Labute approximate surface area is 444 Å². The highest BCUT2D eigenvalue weighted by Gasteiger charge is 2.35. The Kier molecular flexibility index (Phi) is 24.7. The van der Waals surface area contributed by atoms with Crippen molar-refractivity contribution in [3.63, 3.8) is 0 Å². The van der Waals surface area contributed by atoms with E-state index in [4.69, 9.17) is 39.6 Å². The number of rotatable bonds is 19. The second kappa shape index (κ2) is 31.0. The maximum absolute atomic E-state index is 14.7. The zero-order valence-corrected chi connectivity index (χ0v) is 43.0. The largest absolute Gasteiger partial charge is 0.480 e. The normalized spacial score (nSPS) is 21.0. The van der Waals surface area contributed by atoms with Gasteiger partial charge in [0.1, 0.15) is 42.3 Å². The molecule has 1 aliphatic rings. The molecule has 2 heterocycles. The van der Waals surface area contributed by atoms with Gasteiger partial charge in [0, 0.05) is 67.9 Å². The molecule has 27 heteroatoms. The third-order valence-corrected chi connectivity index (χ3v) is 12.6. The molecule has 414 valence electrons. The van der Waals surface area contributed by atoms with Gasteiger partial charge in [0.15, 0.2) is 11.9 Å². The van der Waals surface area contributed by atoms with E-state index < -0.39 is 95.5 Å². The predicted molar refractivity (Wildman–Crippen MR) is 282 cm³/mol. The Morgan fingerprint density at radius 2 is 1.30 bits per heavy atom. The number of fused-ring (bicyclic) bond motifs is 1. The van der Waals surface area contributed by atoms with Gasteiger partial charge in [0.25, 0.3) is 0 Å². The lowest BCUT2D eigenvalue weighted by molar-refractivity contribution is -0.142. The summed E-state index contributed by atoms with van der Waals surface area (Å²) in [7, 11) is 0. The van der Waals surface area contributed by atoms with E-state index in [2.05, 4.69) is 58.2 Å². The molecule has 0 bridgehead atoms. The van der Waals surface area contributed by atoms with Crippen LogP contribution >= 0.6 is 11.6 Å². The summed E-state index contributed by atoms with van der Waals surface area (Å²) in [6.45, 7) is 1.45.